The lowest BCUT2D eigenvalue weighted by Crippen LogP contribution is -2.08. The number of aromatic carboxylic acids is 2. The van der Waals surface area contributed by atoms with Gasteiger partial charge in [-0.25, -0.2) is 14.6 Å². The molecule has 0 saturated carbocycles. The van der Waals surface area contributed by atoms with E-state index in [9.17, 15) is 9.59 Å². The summed E-state index contributed by atoms with van der Waals surface area (Å²) in [4.78, 5) is 26.2. The summed E-state index contributed by atoms with van der Waals surface area (Å²) in [5.74, 6) is -1.22. The highest BCUT2D eigenvalue weighted by atomic mass is 32.2. The summed E-state index contributed by atoms with van der Waals surface area (Å²) >= 11 is 1.29. The van der Waals surface area contributed by atoms with Gasteiger partial charge in [-0.15, -0.1) is 11.8 Å². The number of carboxylic acids is 2. The molecule has 7 heteroatoms. The number of carbonyl (C=O) groups is 2. The average Bonchev–Trinajstić information content (AvgIpc) is 2.53. The van der Waals surface area contributed by atoms with E-state index in [1.54, 1.807) is 7.11 Å². The van der Waals surface area contributed by atoms with Crippen molar-refractivity contribution in [3.05, 3.63) is 53.3 Å². The molecule has 6 nitrogen and oxygen atoms in total. The molecule has 0 aliphatic heterocycles. The Kier molecular flexibility index (Phi) is 5.00. The molecular formula is C15H13NO5S. The SMILES string of the molecule is COc1ccc(CSc2ccc(C(=O)O)nc2C(=O)O)cc1. The van der Waals surface area contributed by atoms with Gasteiger partial charge in [-0.05, 0) is 29.8 Å². The second-order valence-electron chi connectivity index (χ2n) is 4.29. The van der Waals surface area contributed by atoms with Gasteiger partial charge < -0.3 is 14.9 Å². The van der Waals surface area contributed by atoms with Crippen LogP contribution in [0.15, 0.2) is 41.3 Å². The van der Waals surface area contributed by atoms with Crippen molar-refractivity contribution in [2.45, 2.75) is 10.6 Å². The molecule has 2 aromatic rings. The van der Waals surface area contributed by atoms with E-state index in [1.807, 2.05) is 24.3 Å². The summed E-state index contributed by atoms with van der Waals surface area (Å²) in [7, 11) is 1.58. The third-order valence-corrected chi connectivity index (χ3v) is 3.95. The highest BCUT2D eigenvalue weighted by Gasteiger charge is 2.16. The summed E-state index contributed by atoms with van der Waals surface area (Å²) < 4.78 is 5.07. The fourth-order valence-electron chi connectivity index (χ4n) is 1.72. The van der Waals surface area contributed by atoms with E-state index in [0.717, 1.165) is 11.3 Å². The van der Waals surface area contributed by atoms with Crippen molar-refractivity contribution in [1.82, 2.24) is 4.98 Å². The minimum atomic E-state index is -1.26. The molecule has 114 valence electrons. The maximum atomic E-state index is 11.2. The minimum absolute atomic E-state index is 0.251. The summed E-state index contributed by atoms with van der Waals surface area (Å²) in [5.41, 5.74) is 0.453. The molecule has 0 aliphatic rings. The largest absolute Gasteiger partial charge is 0.497 e. The third kappa shape index (κ3) is 3.76. The van der Waals surface area contributed by atoms with Gasteiger partial charge in [0.25, 0.3) is 0 Å². The Bertz CT molecular complexity index is 700. The number of rotatable bonds is 6. The number of pyridine rings is 1. The topological polar surface area (TPSA) is 96.7 Å². The fraction of sp³-hybridized carbons (Fsp3) is 0.133. The van der Waals surface area contributed by atoms with Crippen LogP contribution in [-0.4, -0.2) is 34.2 Å². The van der Waals surface area contributed by atoms with Crippen molar-refractivity contribution < 1.29 is 24.5 Å². The Morgan fingerprint density at radius 1 is 1.09 bits per heavy atom. The number of ether oxygens (including phenoxy) is 1. The van der Waals surface area contributed by atoms with Crippen LogP contribution in [0.2, 0.25) is 0 Å². The molecular weight excluding hydrogens is 306 g/mol. The zero-order valence-electron chi connectivity index (χ0n) is 11.6. The van der Waals surface area contributed by atoms with Crippen LogP contribution in [0.4, 0.5) is 0 Å². The Labute approximate surface area is 130 Å². The van der Waals surface area contributed by atoms with Gasteiger partial charge >= 0.3 is 11.9 Å². The molecule has 22 heavy (non-hydrogen) atoms. The highest BCUT2D eigenvalue weighted by molar-refractivity contribution is 7.98. The van der Waals surface area contributed by atoms with E-state index in [4.69, 9.17) is 14.9 Å². The molecule has 1 heterocycles. The van der Waals surface area contributed by atoms with Crippen molar-refractivity contribution in [3.8, 4) is 5.75 Å². The maximum absolute atomic E-state index is 11.2. The number of methoxy groups -OCH3 is 1. The Hall–Kier alpha value is -2.54. The van der Waals surface area contributed by atoms with Gasteiger partial charge in [0.15, 0.2) is 5.69 Å². The van der Waals surface area contributed by atoms with Crippen LogP contribution in [-0.2, 0) is 5.75 Å². The van der Waals surface area contributed by atoms with E-state index in [2.05, 4.69) is 4.98 Å². The van der Waals surface area contributed by atoms with Crippen LogP contribution in [0.1, 0.15) is 26.5 Å². The maximum Gasteiger partial charge on any atom is 0.355 e. The lowest BCUT2D eigenvalue weighted by atomic mass is 10.2. The lowest BCUT2D eigenvalue weighted by molar-refractivity contribution is 0.0682. The van der Waals surface area contributed by atoms with Gasteiger partial charge in [0.2, 0.25) is 0 Å². The second kappa shape index (κ2) is 6.95. The predicted molar refractivity (Wildman–Crippen MR) is 80.7 cm³/mol. The Balaban J connectivity index is 2.17. The molecule has 1 aromatic carbocycles. The van der Waals surface area contributed by atoms with E-state index in [0.29, 0.717) is 10.6 Å². The second-order valence-corrected chi connectivity index (χ2v) is 5.31. The van der Waals surface area contributed by atoms with Crippen molar-refractivity contribution in [2.24, 2.45) is 0 Å². The van der Waals surface area contributed by atoms with Crippen LogP contribution in [0.5, 0.6) is 5.75 Å². The lowest BCUT2D eigenvalue weighted by Gasteiger charge is -2.07. The molecule has 2 rings (SSSR count). The molecule has 1 aromatic heterocycles. The predicted octanol–water partition coefficient (Wildman–Crippen LogP) is 2.78. The number of benzene rings is 1. The Morgan fingerprint density at radius 2 is 1.77 bits per heavy atom. The van der Waals surface area contributed by atoms with Gasteiger partial charge in [0.1, 0.15) is 11.4 Å². The van der Waals surface area contributed by atoms with Crippen molar-refractivity contribution in [2.75, 3.05) is 7.11 Å². The zero-order chi connectivity index (χ0) is 16.1. The summed E-state index contributed by atoms with van der Waals surface area (Å²) in [5, 5.41) is 18.0. The number of carboxylic acid groups (broad SMARTS) is 2. The quantitative estimate of drug-likeness (QED) is 0.790. The molecule has 0 aliphatic carbocycles. The monoisotopic (exact) mass is 319 g/mol. The number of nitrogens with zero attached hydrogens (tertiary/aromatic N) is 1. The third-order valence-electron chi connectivity index (χ3n) is 2.83. The molecule has 0 spiro atoms. The van der Waals surface area contributed by atoms with Crippen molar-refractivity contribution >= 4 is 23.7 Å². The summed E-state index contributed by atoms with van der Waals surface area (Å²) in [6, 6.07) is 10.2. The first-order chi connectivity index (χ1) is 10.5. The van der Waals surface area contributed by atoms with Crippen molar-refractivity contribution in [3.63, 3.8) is 0 Å². The number of hydrogen-bond acceptors (Lipinski definition) is 5. The summed E-state index contributed by atoms with van der Waals surface area (Å²) in [6.07, 6.45) is 0. The van der Waals surface area contributed by atoms with Gasteiger partial charge in [-0.2, -0.15) is 0 Å². The van der Waals surface area contributed by atoms with E-state index < -0.39 is 11.9 Å². The molecule has 0 atom stereocenters. The van der Waals surface area contributed by atoms with Crippen LogP contribution >= 0.6 is 11.8 Å². The molecule has 0 saturated heterocycles. The van der Waals surface area contributed by atoms with Crippen LogP contribution in [0, 0.1) is 0 Å². The molecule has 0 fully saturated rings. The molecule has 0 bridgehead atoms. The first kappa shape index (κ1) is 15.8. The highest BCUT2D eigenvalue weighted by Crippen LogP contribution is 2.26. The minimum Gasteiger partial charge on any atom is -0.497 e. The Morgan fingerprint density at radius 3 is 2.32 bits per heavy atom. The van der Waals surface area contributed by atoms with E-state index >= 15 is 0 Å². The van der Waals surface area contributed by atoms with E-state index in [-0.39, 0.29) is 11.4 Å². The number of thioether (sulfide) groups is 1. The van der Waals surface area contributed by atoms with Gasteiger partial charge in [-0.1, -0.05) is 12.1 Å². The van der Waals surface area contributed by atoms with Gasteiger partial charge in [0, 0.05) is 10.6 Å². The number of aromatic nitrogens is 1. The molecule has 0 unspecified atom stereocenters. The smallest absolute Gasteiger partial charge is 0.355 e. The van der Waals surface area contributed by atoms with Crippen LogP contribution in [0.3, 0.4) is 0 Å². The van der Waals surface area contributed by atoms with Crippen LogP contribution in [0.25, 0.3) is 0 Å². The van der Waals surface area contributed by atoms with Crippen LogP contribution < -0.4 is 4.74 Å². The molecule has 0 radical (unpaired) electrons. The average molecular weight is 319 g/mol. The normalized spacial score (nSPS) is 10.2. The number of hydrogen-bond donors (Lipinski definition) is 2. The zero-order valence-corrected chi connectivity index (χ0v) is 12.5. The fourth-order valence-corrected chi connectivity index (χ4v) is 2.67. The molecule has 0 amide bonds. The molecule has 2 N–H and O–H groups in total. The summed E-state index contributed by atoms with van der Waals surface area (Å²) in [6.45, 7) is 0. The first-order valence-electron chi connectivity index (χ1n) is 6.24. The van der Waals surface area contributed by atoms with Crippen molar-refractivity contribution in [1.29, 1.82) is 0 Å². The van der Waals surface area contributed by atoms with E-state index in [1.165, 1.54) is 23.9 Å². The van der Waals surface area contributed by atoms with Gasteiger partial charge in [-0.3, -0.25) is 0 Å². The standard InChI is InChI=1S/C15H13NO5S/c1-21-10-4-2-9(3-5-10)8-22-12-7-6-11(14(17)18)16-13(12)15(19)20/h2-7H,8H2,1H3,(H,17,18)(H,19,20). The van der Waals surface area contributed by atoms with Gasteiger partial charge in [0.05, 0.1) is 7.11 Å². The first-order valence-corrected chi connectivity index (χ1v) is 7.23.